The quantitative estimate of drug-likeness (QED) is 0.705. The maximum Gasteiger partial charge on any atom is 0.284 e. The van der Waals surface area contributed by atoms with Crippen molar-refractivity contribution in [3.8, 4) is 17.9 Å². The highest BCUT2D eigenvalue weighted by Crippen LogP contribution is 2.47. The Morgan fingerprint density at radius 2 is 2.09 bits per heavy atom. The number of nitriles is 1. The Labute approximate surface area is 132 Å². The molecule has 1 atom stereocenters. The normalized spacial score (nSPS) is 33.4. The summed E-state index contributed by atoms with van der Waals surface area (Å²) in [6.45, 7) is 3.56. The summed E-state index contributed by atoms with van der Waals surface area (Å²) in [5, 5.41) is 9.38. The largest absolute Gasteiger partial charge is 0.372 e. The fraction of sp³-hybridized carbons (Fsp3) is 0.706. The lowest BCUT2D eigenvalue weighted by atomic mass is 9.78. The molecule has 0 saturated carbocycles. The number of fused-ring (bicyclic) bond motifs is 3. The SMILES string of the molecule is CCCC12COC(CCC=CC#CCOC)(OC1)OC2C#N. The van der Waals surface area contributed by atoms with Crippen molar-refractivity contribution in [2.24, 2.45) is 5.41 Å². The molecule has 0 radical (unpaired) electrons. The summed E-state index contributed by atoms with van der Waals surface area (Å²) in [4.78, 5) is 0. The first-order valence-corrected chi connectivity index (χ1v) is 7.68. The lowest BCUT2D eigenvalue weighted by Crippen LogP contribution is -2.64. The standard InChI is InChI=1S/C17H23NO4/c1-3-9-16-13-20-17(21-14-16,22-15(16)12-18)10-7-5-4-6-8-11-19-2/h4-5,15H,3,7,9-11,13-14H2,1-2H3. The Morgan fingerprint density at radius 1 is 1.32 bits per heavy atom. The summed E-state index contributed by atoms with van der Waals surface area (Å²) in [5.74, 6) is 4.65. The maximum absolute atomic E-state index is 9.38. The molecule has 0 aromatic carbocycles. The molecule has 0 N–H and O–H groups in total. The van der Waals surface area contributed by atoms with Gasteiger partial charge < -0.3 is 18.9 Å². The van der Waals surface area contributed by atoms with Crippen LogP contribution >= 0.6 is 0 Å². The number of allylic oxidation sites excluding steroid dienone is 2. The molecule has 22 heavy (non-hydrogen) atoms. The Morgan fingerprint density at radius 3 is 2.73 bits per heavy atom. The van der Waals surface area contributed by atoms with E-state index in [9.17, 15) is 5.26 Å². The van der Waals surface area contributed by atoms with E-state index >= 15 is 0 Å². The molecule has 0 aliphatic carbocycles. The van der Waals surface area contributed by atoms with E-state index in [0.29, 0.717) is 32.7 Å². The highest BCUT2D eigenvalue weighted by atomic mass is 16.9. The Kier molecular flexibility index (Phi) is 5.99. The molecule has 0 spiro atoms. The molecule has 3 aliphatic rings. The van der Waals surface area contributed by atoms with Crippen LogP contribution in [0.4, 0.5) is 0 Å². The van der Waals surface area contributed by atoms with Gasteiger partial charge >= 0.3 is 0 Å². The fourth-order valence-electron chi connectivity index (χ4n) is 2.83. The van der Waals surface area contributed by atoms with Gasteiger partial charge in [0.2, 0.25) is 0 Å². The van der Waals surface area contributed by atoms with Gasteiger partial charge in [0, 0.05) is 13.5 Å². The minimum absolute atomic E-state index is 0.313. The van der Waals surface area contributed by atoms with E-state index in [1.807, 2.05) is 6.08 Å². The van der Waals surface area contributed by atoms with E-state index in [0.717, 1.165) is 12.8 Å². The van der Waals surface area contributed by atoms with Crippen molar-refractivity contribution in [2.75, 3.05) is 26.9 Å². The lowest BCUT2D eigenvalue weighted by Gasteiger charge is -2.54. The molecule has 0 aromatic rings. The molecule has 5 heteroatoms. The molecular formula is C17H23NO4. The number of hydrogen-bond acceptors (Lipinski definition) is 5. The third-order valence-corrected chi connectivity index (χ3v) is 4.01. The summed E-state index contributed by atoms with van der Waals surface area (Å²) in [5.41, 5.74) is -0.313. The first-order chi connectivity index (χ1) is 10.7. The molecule has 2 bridgehead atoms. The second-order valence-corrected chi connectivity index (χ2v) is 5.69. The molecule has 5 nitrogen and oxygen atoms in total. The van der Waals surface area contributed by atoms with Gasteiger partial charge in [0.1, 0.15) is 6.61 Å². The van der Waals surface area contributed by atoms with E-state index in [-0.39, 0.29) is 5.41 Å². The minimum atomic E-state index is -1.07. The first kappa shape index (κ1) is 17.0. The molecule has 3 heterocycles. The third kappa shape index (κ3) is 3.69. The van der Waals surface area contributed by atoms with Gasteiger partial charge in [0.05, 0.1) is 24.7 Å². The highest BCUT2D eigenvalue weighted by molar-refractivity contribution is 5.15. The number of methoxy groups -OCH3 is 1. The highest BCUT2D eigenvalue weighted by Gasteiger charge is 2.57. The van der Waals surface area contributed by atoms with Crippen molar-refractivity contribution in [1.29, 1.82) is 5.26 Å². The summed E-state index contributed by atoms with van der Waals surface area (Å²) < 4.78 is 22.3. The zero-order valence-corrected chi connectivity index (χ0v) is 13.3. The van der Waals surface area contributed by atoms with E-state index < -0.39 is 12.1 Å². The van der Waals surface area contributed by atoms with Crippen LogP contribution in [0.3, 0.4) is 0 Å². The number of rotatable bonds is 6. The summed E-state index contributed by atoms with van der Waals surface area (Å²) in [6, 6.07) is 2.27. The second-order valence-electron chi connectivity index (χ2n) is 5.69. The van der Waals surface area contributed by atoms with Crippen molar-refractivity contribution in [2.45, 2.75) is 44.7 Å². The van der Waals surface area contributed by atoms with E-state index in [1.165, 1.54) is 0 Å². The van der Waals surface area contributed by atoms with Crippen molar-refractivity contribution < 1.29 is 18.9 Å². The van der Waals surface area contributed by atoms with Crippen LogP contribution in [0, 0.1) is 28.6 Å². The average molecular weight is 305 g/mol. The molecular weight excluding hydrogens is 282 g/mol. The summed E-state index contributed by atoms with van der Waals surface area (Å²) in [6.07, 6.45) is 6.37. The van der Waals surface area contributed by atoms with Crippen LogP contribution in [0.15, 0.2) is 12.2 Å². The van der Waals surface area contributed by atoms with Crippen LogP contribution in [-0.2, 0) is 18.9 Å². The van der Waals surface area contributed by atoms with Crippen LogP contribution in [0.5, 0.6) is 0 Å². The van der Waals surface area contributed by atoms with Gasteiger partial charge in [-0.2, -0.15) is 5.26 Å². The predicted molar refractivity (Wildman–Crippen MR) is 80.5 cm³/mol. The number of nitrogens with zero attached hydrogens (tertiary/aromatic N) is 1. The molecule has 0 aromatic heterocycles. The lowest BCUT2D eigenvalue weighted by molar-refractivity contribution is -0.482. The Balaban J connectivity index is 1.89. The van der Waals surface area contributed by atoms with E-state index in [4.69, 9.17) is 18.9 Å². The van der Waals surface area contributed by atoms with Gasteiger partial charge in [-0.05, 0) is 18.9 Å². The molecule has 3 aliphatic heterocycles. The number of hydrogen-bond donors (Lipinski definition) is 0. The van der Waals surface area contributed by atoms with Crippen molar-refractivity contribution in [1.82, 2.24) is 0 Å². The number of ether oxygens (including phenoxy) is 4. The molecule has 120 valence electrons. The Hall–Kier alpha value is -1.37. The van der Waals surface area contributed by atoms with Crippen LogP contribution in [0.25, 0.3) is 0 Å². The van der Waals surface area contributed by atoms with Crippen molar-refractivity contribution >= 4 is 0 Å². The van der Waals surface area contributed by atoms with Crippen LogP contribution in [-0.4, -0.2) is 39.0 Å². The smallest absolute Gasteiger partial charge is 0.284 e. The predicted octanol–water partition coefficient (Wildman–Crippen LogP) is 2.38. The third-order valence-electron chi connectivity index (χ3n) is 4.01. The first-order valence-electron chi connectivity index (χ1n) is 7.68. The van der Waals surface area contributed by atoms with Gasteiger partial charge in [-0.25, -0.2) is 0 Å². The summed E-state index contributed by atoms with van der Waals surface area (Å²) >= 11 is 0. The van der Waals surface area contributed by atoms with Crippen molar-refractivity contribution in [3.63, 3.8) is 0 Å². The molecule has 3 fully saturated rings. The second kappa shape index (κ2) is 7.76. The van der Waals surface area contributed by atoms with E-state index in [1.54, 1.807) is 13.2 Å². The maximum atomic E-state index is 9.38. The van der Waals surface area contributed by atoms with Gasteiger partial charge in [0.15, 0.2) is 6.10 Å². The summed E-state index contributed by atoms with van der Waals surface area (Å²) in [7, 11) is 1.61. The molecule has 1 unspecified atom stereocenters. The van der Waals surface area contributed by atoms with E-state index in [2.05, 4.69) is 24.8 Å². The monoisotopic (exact) mass is 305 g/mol. The zero-order chi connectivity index (χ0) is 15.9. The molecule has 0 amide bonds. The van der Waals surface area contributed by atoms with Crippen molar-refractivity contribution in [3.05, 3.63) is 12.2 Å². The topological polar surface area (TPSA) is 60.7 Å². The van der Waals surface area contributed by atoms with Gasteiger partial charge in [-0.1, -0.05) is 31.3 Å². The fourth-order valence-corrected chi connectivity index (χ4v) is 2.83. The van der Waals surface area contributed by atoms with Gasteiger partial charge in [0.25, 0.3) is 5.97 Å². The zero-order valence-electron chi connectivity index (χ0n) is 13.3. The average Bonchev–Trinajstić information content (AvgIpc) is 2.55. The van der Waals surface area contributed by atoms with Crippen LogP contribution in [0.2, 0.25) is 0 Å². The molecule has 3 saturated heterocycles. The van der Waals surface area contributed by atoms with Gasteiger partial charge in [-0.3, -0.25) is 0 Å². The molecule has 3 rings (SSSR count). The van der Waals surface area contributed by atoms with Crippen LogP contribution < -0.4 is 0 Å². The minimum Gasteiger partial charge on any atom is -0.372 e. The van der Waals surface area contributed by atoms with Crippen LogP contribution in [0.1, 0.15) is 32.6 Å². The Bertz CT molecular complexity index is 489. The van der Waals surface area contributed by atoms with Gasteiger partial charge in [-0.15, -0.1) is 0 Å².